The van der Waals surface area contributed by atoms with Crippen LogP contribution in [0.2, 0.25) is 0 Å². The summed E-state index contributed by atoms with van der Waals surface area (Å²) in [5.41, 5.74) is 4.71. The highest BCUT2D eigenvalue weighted by Gasteiger charge is 2.37. The summed E-state index contributed by atoms with van der Waals surface area (Å²) in [5.74, 6) is 0.140. The summed E-state index contributed by atoms with van der Waals surface area (Å²) in [5, 5.41) is 3.24. The van der Waals surface area contributed by atoms with Gasteiger partial charge in [0.15, 0.2) is 0 Å². The Labute approximate surface area is 173 Å². The topological polar surface area (TPSA) is 49.4 Å². The molecule has 1 aliphatic heterocycles. The number of para-hydroxylation sites is 1. The maximum Gasteiger partial charge on any atom is 0.227 e. The van der Waals surface area contributed by atoms with E-state index in [2.05, 4.69) is 43.4 Å². The molecule has 1 saturated heterocycles. The average Bonchev–Trinajstić information content (AvgIpc) is 3.15. The van der Waals surface area contributed by atoms with E-state index >= 15 is 0 Å². The number of amides is 2. The molecule has 4 rings (SSSR count). The lowest BCUT2D eigenvalue weighted by Crippen LogP contribution is -2.37. The van der Waals surface area contributed by atoms with Gasteiger partial charge < -0.3 is 10.2 Å². The van der Waals surface area contributed by atoms with Crippen molar-refractivity contribution in [2.45, 2.75) is 57.9 Å². The number of fused-ring (bicyclic) bond motifs is 1. The van der Waals surface area contributed by atoms with Gasteiger partial charge in [-0.15, -0.1) is 0 Å². The Morgan fingerprint density at radius 1 is 1.17 bits per heavy atom. The van der Waals surface area contributed by atoms with E-state index in [-0.39, 0.29) is 30.2 Å². The van der Waals surface area contributed by atoms with Gasteiger partial charge >= 0.3 is 0 Å². The summed E-state index contributed by atoms with van der Waals surface area (Å²) in [6.07, 6.45) is 4.42. The first-order valence-corrected chi connectivity index (χ1v) is 10.9. The van der Waals surface area contributed by atoms with E-state index in [1.54, 1.807) is 0 Å². The van der Waals surface area contributed by atoms with Gasteiger partial charge in [0.2, 0.25) is 11.8 Å². The zero-order valence-corrected chi connectivity index (χ0v) is 17.4. The van der Waals surface area contributed by atoms with Gasteiger partial charge in [-0.1, -0.05) is 56.3 Å². The highest BCUT2D eigenvalue weighted by Crippen LogP contribution is 2.34. The monoisotopic (exact) mass is 390 g/mol. The lowest BCUT2D eigenvalue weighted by Gasteiger charge is -2.27. The molecular weight excluding hydrogens is 360 g/mol. The normalized spacial score (nSPS) is 22.3. The maximum absolute atomic E-state index is 13.0. The van der Waals surface area contributed by atoms with Gasteiger partial charge in [-0.05, 0) is 54.4 Å². The van der Waals surface area contributed by atoms with Crippen LogP contribution < -0.4 is 10.2 Å². The zero-order valence-electron chi connectivity index (χ0n) is 17.4. The summed E-state index contributed by atoms with van der Waals surface area (Å²) in [6, 6.07) is 16.5. The maximum atomic E-state index is 13.0. The Bertz CT molecular complexity index is 907. The van der Waals surface area contributed by atoms with Crippen molar-refractivity contribution in [1.29, 1.82) is 0 Å². The quantitative estimate of drug-likeness (QED) is 0.801. The first-order valence-electron chi connectivity index (χ1n) is 10.9. The first kappa shape index (κ1) is 19.7. The van der Waals surface area contributed by atoms with E-state index in [9.17, 15) is 9.59 Å². The SMILES string of the molecule is CC[C@@H](C)c1ccccc1N1C[C@H](C(=O)N[C@@H]2CCCc3ccccc32)CC1=O. The molecule has 1 fully saturated rings. The van der Waals surface area contributed by atoms with Crippen molar-refractivity contribution in [3.05, 3.63) is 65.2 Å². The molecule has 4 nitrogen and oxygen atoms in total. The Balaban J connectivity index is 1.49. The van der Waals surface area contributed by atoms with Crippen molar-refractivity contribution in [3.63, 3.8) is 0 Å². The predicted octanol–water partition coefficient (Wildman–Crippen LogP) is 4.75. The Morgan fingerprint density at radius 3 is 2.76 bits per heavy atom. The molecule has 1 N–H and O–H groups in total. The minimum absolute atomic E-state index is 0.00331. The molecule has 2 aliphatic rings. The van der Waals surface area contributed by atoms with Gasteiger partial charge in [-0.25, -0.2) is 0 Å². The third-order valence-corrected chi connectivity index (χ3v) is 6.55. The number of carbonyl (C=O) groups excluding carboxylic acids is 2. The molecule has 1 heterocycles. The van der Waals surface area contributed by atoms with Gasteiger partial charge in [0, 0.05) is 18.7 Å². The molecule has 2 aromatic carbocycles. The molecule has 152 valence electrons. The third-order valence-electron chi connectivity index (χ3n) is 6.55. The van der Waals surface area contributed by atoms with E-state index < -0.39 is 0 Å². The molecule has 0 aromatic heterocycles. The van der Waals surface area contributed by atoms with Crippen molar-refractivity contribution in [2.75, 3.05) is 11.4 Å². The molecule has 1 aliphatic carbocycles. The van der Waals surface area contributed by atoms with Gasteiger partial charge in [-0.3, -0.25) is 9.59 Å². The van der Waals surface area contributed by atoms with E-state index in [0.717, 1.165) is 31.4 Å². The first-order chi connectivity index (χ1) is 14.1. The summed E-state index contributed by atoms with van der Waals surface area (Å²) >= 11 is 0. The molecule has 0 bridgehead atoms. The van der Waals surface area contributed by atoms with Gasteiger partial charge in [0.1, 0.15) is 0 Å². The highest BCUT2D eigenvalue weighted by molar-refractivity contribution is 6.01. The number of rotatable bonds is 5. The second-order valence-electron chi connectivity index (χ2n) is 8.43. The minimum Gasteiger partial charge on any atom is -0.349 e. The zero-order chi connectivity index (χ0) is 20.4. The second kappa shape index (κ2) is 8.40. The van der Waals surface area contributed by atoms with E-state index in [0.29, 0.717) is 12.5 Å². The second-order valence-corrected chi connectivity index (χ2v) is 8.43. The van der Waals surface area contributed by atoms with Crippen LogP contribution in [-0.2, 0) is 16.0 Å². The smallest absolute Gasteiger partial charge is 0.227 e. The molecule has 4 heteroatoms. The van der Waals surface area contributed by atoms with Crippen LogP contribution in [0.15, 0.2) is 48.5 Å². The number of nitrogens with one attached hydrogen (secondary N) is 1. The van der Waals surface area contributed by atoms with Crippen LogP contribution >= 0.6 is 0 Å². The fourth-order valence-electron chi connectivity index (χ4n) is 4.68. The Kier molecular flexibility index (Phi) is 5.70. The van der Waals surface area contributed by atoms with Crippen LogP contribution in [0, 0.1) is 5.92 Å². The highest BCUT2D eigenvalue weighted by atomic mass is 16.2. The number of aryl methyl sites for hydroxylation is 1. The fourth-order valence-corrected chi connectivity index (χ4v) is 4.68. The van der Waals surface area contributed by atoms with E-state index in [1.807, 2.05) is 29.2 Å². The molecule has 2 aromatic rings. The lowest BCUT2D eigenvalue weighted by molar-refractivity contribution is -0.127. The molecule has 0 saturated carbocycles. The van der Waals surface area contributed by atoms with Crippen LogP contribution in [0.3, 0.4) is 0 Å². The van der Waals surface area contributed by atoms with Crippen LogP contribution in [0.1, 0.15) is 68.2 Å². The standard InChI is InChI=1S/C25H30N2O2/c1-3-17(2)20-11-6-7-14-23(20)27-16-19(15-24(27)28)25(29)26-22-13-8-10-18-9-4-5-12-21(18)22/h4-7,9,11-12,14,17,19,22H,3,8,10,13,15-16H2,1-2H3,(H,26,29)/t17-,19-,22-/m1/s1. The summed E-state index contributed by atoms with van der Waals surface area (Å²) in [4.78, 5) is 27.6. The molecule has 3 atom stereocenters. The van der Waals surface area contributed by atoms with Gasteiger partial charge in [0.25, 0.3) is 0 Å². The van der Waals surface area contributed by atoms with Crippen LogP contribution in [0.5, 0.6) is 0 Å². The third kappa shape index (κ3) is 3.93. The molecular formula is C25H30N2O2. The predicted molar refractivity (Wildman–Crippen MR) is 116 cm³/mol. The van der Waals surface area contributed by atoms with Crippen molar-refractivity contribution >= 4 is 17.5 Å². The fraction of sp³-hybridized carbons (Fsp3) is 0.440. The lowest BCUT2D eigenvalue weighted by atomic mass is 9.87. The summed E-state index contributed by atoms with van der Waals surface area (Å²) < 4.78 is 0. The number of carbonyl (C=O) groups is 2. The summed E-state index contributed by atoms with van der Waals surface area (Å²) in [7, 11) is 0. The summed E-state index contributed by atoms with van der Waals surface area (Å²) in [6.45, 7) is 4.81. The van der Waals surface area contributed by atoms with Gasteiger partial charge in [0.05, 0.1) is 12.0 Å². The molecule has 0 unspecified atom stereocenters. The van der Waals surface area contributed by atoms with Gasteiger partial charge in [-0.2, -0.15) is 0 Å². The Morgan fingerprint density at radius 2 is 1.93 bits per heavy atom. The van der Waals surface area contributed by atoms with E-state index in [1.165, 1.54) is 16.7 Å². The van der Waals surface area contributed by atoms with Crippen LogP contribution in [0.25, 0.3) is 0 Å². The number of nitrogens with zero attached hydrogens (tertiary/aromatic N) is 1. The van der Waals surface area contributed by atoms with Crippen molar-refractivity contribution in [1.82, 2.24) is 5.32 Å². The Hall–Kier alpha value is -2.62. The largest absolute Gasteiger partial charge is 0.349 e. The van der Waals surface area contributed by atoms with Crippen molar-refractivity contribution in [2.24, 2.45) is 5.92 Å². The van der Waals surface area contributed by atoms with Crippen LogP contribution in [0.4, 0.5) is 5.69 Å². The van der Waals surface area contributed by atoms with Crippen molar-refractivity contribution < 1.29 is 9.59 Å². The molecule has 2 amide bonds. The molecule has 29 heavy (non-hydrogen) atoms. The number of anilines is 1. The number of benzene rings is 2. The molecule has 0 spiro atoms. The average molecular weight is 391 g/mol. The van der Waals surface area contributed by atoms with Crippen molar-refractivity contribution in [3.8, 4) is 0 Å². The number of hydrogen-bond donors (Lipinski definition) is 1. The number of hydrogen-bond acceptors (Lipinski definition) is 2. The molecule has 0 radical (unpaired) electrons. The minimum atomic E-state index is -0.290. The van der Waals surface area contributed by atoms with E-state index in [4.69, 9.17) is 0 Å². The van der Waals surface area contributed by atoms with Crippen LogP contribution in [-0.4, -0.2) is 18.4 Å².